The summed E-state index contributed by atoms with van der Waals surface area (Å²) < 4.78 is 10.5. The number of carbonyl (C=O) groups is 1. The van der Waals surface area contributed by atoms with Crippen molar-refractivity contribution in [3.8, 4) is 5.75 Å². The van der Waals surface area contributed by atoms with Crippen LogP contribution in [0.2, 0.25) is 0 Å². The minimum atomic E-state index is -0.748. The van der Waals surface area contributed by atoms with E-state index in [4.69, 9.17) is 14.6 Å². The Labute approximate surface area is 112 Å². The van der Waals surface area contributed by atoms with Crippen LogP contribution in [-0.4, -0.2) is 31.8 Å². The number of aliphatic carboxylic acids is 1. The molecule has 0 saturated carbocycles. The van der Waals surface area contributed by atoms with Crippen LogP contribution in [-0.2, 0) is 16.1 Å². The van der Waals surface area contributed by atoms with Gasteiger partial charge < -0.3 is 19.9 Å². The Morgan fingerprint density at radius 2 is 2.26 bits per heavy atom. The second-order valence-corrected chi connectivity index (χ2v) is 4.74. The van der Waals surface area contributed by atoms with Gasteiger partial charge in [-0.15, -0.1) is 0 Å². The first-order valence-corrected chi connectivity index (χ1v) is 6.27. The number of carboxylic acids is 1. The van der Waals surface area contributed by atoms with E-state index in [-0.39, 0.29) is 12.0 Å². The number of methoxy groups -OCH3 is 2. The van der Waals surface area contributed by atoms with Gasteiger partial charge >= 0.3 is 5.97 Å². The summed E-state index contributed by atoms with van der Waals surface area (Å²) in [6.07, 6.45) is 0.585. The summed E-state index contributed by atoms with van der Waals surface area (Å²) in [5, 5.41) is 12.3. The first-order chi connectivity index (χ1) is 9.15. The number of ether oxygens (including phenoxy) is 2. The Morgan fingerprint density at radius 3 is 2.84 bits per heavy atom. The fraction of sp³-hybridized carbons (Fsp3) is 0.500. The summed E-state index contributed by atoms with van der Waals surface area (Å²) in [5.41, 5.74) is 2.06. The van der Waals surface area contributed by atoms with E-state index in [1.807, 2.05) is 18.2 Å². The summed E-state index contributed by atoms with van der Waals surface area (Å²) in [6, 6.07) is 5.90. The summed E-state index contributed by atoms with van der Waals surface area (Å²) in [6.45, 7) is 1.03. The van der Waals surface area contributed by atoms with Crippen LogP contribution in [0.3, 0.4) is 0 Å². The average Bonchev–Trinajstić information content (AvgIpc) is 2.88. The van der Waals surface area contributed by atoms with Gasteiger partial charge in [0.1, 0.15) is 5.75 Å². The largest absolute Gasteiger partial charge is 0.496 e. The zero-order valence-corrected chi connectivity index (χ0v) is 11.2. The molecule has 19 heavy (non-hydrogen) atoms. The zero-order chi connectivity index (χ0) is 13.8. The van der Waals surface area contributed by atoms with E-state index in [0.29, 0.717) is 19.6 Å². The molecule has 0 aliphatic carbocycles. The van der Waals surface area contributed by atoms with Crippen LogP contribution in [0.5, 0.6) is 5.75 Å². The summed E-state index contributed by atoms with van der Waals surface area (Å²) >= 11 is 0. The Balaban J connectivity index is 2.22. The maximum Gasteiger partial charge on any atom is 0.307 e. The minimum absolute atomic E-state index is 0.0212. The standard InChI is InChI=1S/C14H19NO4/c1-18-8-9-3-4-13(19-2)11(5-9)12-6-10(7-15-12)14(16)17/h3-5,10,12,15H,6-8H2,1-2H3,(H,16,17). The van der Waals surface area contributed by atoms with E-state index in [0.717, 1.165) is 16.9 Å². The monoisotopic (exact) mass is 265 g/mol. The molecule has 1 heterocycles. The van der Waals surface area contributed by atoms with Gasteiger partial charge in [0.2, 0.25) is 0 Å². The van der Waals surface area contributed by atoms with Crippen molar-refractivity contribution in [1.82, 2.24) is 5.32 Å². The number of nitrogens with one attached hydrogen (secondary N) is 1. The second-order valence-electron chi connectivity index (χ2n) is 4.74. The Hall–Kier alpha value is -1.59. The number of hydrogen-bond acceptors (Lipinski definition) is 4. The molecule has 0 aromatic heterocycles. The lowest BCUT2D eigenvalue weighted by molar-refractivity contribution is -0.141. The van der Waals surface area contributed by atoms with Crippen molar-refractivity contribution < 1.29 is 19.4 Å². The Kier molecular flexibility index (Phi) is 4.39. The van der Waals surface area contributed by atoms with E-state index >= 15 is 0 Å². The van der Waals surface area contributed by atoms with Crippen molar-refractivity contribution in [2.45, 2.75) is 19.1 Å². The molecule has 0 radical (unpaired) electrons. The van der Waals surface area contributed by atoms with Crippen molar-refractivity contribution >= 4 is 5.97 Å². The van der Waals surface area contributed by atoms with Gasteiger partial charge in [-0.05, 0) is 24.1 Å². The SMILES string of the molecule is COCc1ccc(OC)c(C2CC(C(=O)O)CN2)c1. The molecule has 1 aliphatic rings. The smallest absolute Gasteiger partial charge is 0.307 e. The molecular formula is C14H19NO4. The summed E-state index contributed by atoms with van der Waals surface area (Å²) in [4.78, 5) is 11.0. The quantitative estimate of drug-likeness (QED) is 0.846. The molecule has 2 unspecified atom stereocenters. The molecule has 104 valence electrons. The van der Waals surface area contributed by atoms with Gasteiger partial charge in [0, 0.05) is 25.3 Å². The highest BCUT2D eigenvalue weighted by Crippen LogP contribution is 2.34. The predicted molar refractivity (Wildman–Crippen MR) is 70.2 cm³/mol. The number of carboxylic acid groups (broad SMARTS) is 1. The molecule has 1 saturated heterocycles. The van der Waals surface area contributed by atoms with Crippen molar-refractivity contribution in [1.29, 1.82) is 0 Å². The van der Waals surface area contributed by atoms with Crippen molar-refractivity contribution in [3.05, 3.63) is 29.3 Å². The predicted octanol–water partition coefficient (Wildman–Crippen LogP) is 1.58. The van der Waals surface area contributed by atoms with Crippen LogP contribution in [0, 0.1) is 5.92 Å². The number of hydrogen-bond donors (Lipinski definition) is 2. The summed E-state index contributed by atoms with van der Waals surface area (Å²) in [7, 11) is 3.27. The lowest BCUT2D eigenvalue weighted by Crippen LogP contribution is -2.17. The van der Waals surface area contributed by atoms with Crippen molar-refractivity contribution in [2.75, 3.05) is 20.8 Å². The Morgan fingerprint density at radius 1 is 1.47 bits per heavy atom. The molecule has 1 aliphatic heterocycles. The van der Waals surface area contributed by atoms with E-state index in [2.05, 4.69) is 5.32 Å². The zero-order valence-electron chi connectivity index (χ0n) is 11.2. The highest BCUT2D eigenvalue weighted by molar-refractivity contribution is 5.71. The van der Waals surface area contributed by atoms with Gasteiger partial charge in [-0.2, -0.15) is 0 Å². The molecule has 2 atom stereocenters. The molecule has 1 aromatic rings. The molecule has 0 spiro atoms. The second kappa shape index (κ2) is 6.04. The molecule has 1 fully saturated rings. The van der Waals surface area contributed by atoms with Crippen molar-refractivity contribution in [3.63, 3.8) is 0 Å². The molecule has 1 aromatic carbocycles. The van der Waals surface area contributed by atoms with Crippen LogP contribution in [0.1, 0.15) is 23.6 Å². The van der Waals surface area contributed by atoms with E-state index in [1.54, 1.807) is 14.2 Å². The molecule has 0 bridgehead atoms. The van der Waals surface area contributed by atoms with E-state index in [9.17, 15) is 4.79 Å². The van der Waals surface area contributed by atoms with Crippen LogP contribution in [0.25, 0.3) is 0 Å². The van der Waals surface area contributed by atoms with Gasteiger partial charge in [0.05, 0.1) is 19.6 Å². The van der Waals surface area contributed by atoms with Gasteiger partial charge in [-0.3, -0.25) is 4.79 Å². The molecule has 0 amide bonds. The third kappa shape index (κ3) is 3.05. The average molecular weight is 265 g/mol. The van der Waals surface area contributed by atoms with Crippen LogP contribution < -0.4 is 10.1 Å². The normalized spacial score (nSPS) is 22.4. The Bertz CT molecular complexity index is 461. The van der Waals surface area contributed by atoms with Crippen LogP contribution >= 0.6 is 0 Å². The van der Waals surface area contributed by atoms with E-state index < -0.39 is 5.97 Å². The number of rotatable bonds is 5. The maximum absolute atomic E-state index is 11.0. The molecule has 5 heteroatoms. The first-order valence-electron chi connectivity index (χ1n) is 6.27. The fourth-order valence-corrected chi connectivity index (χ4v) is 2.47. The van der Waals surface area contributed by atoms with Gasteiger partial charge in [-0.1, -0.05) is 6.07 Å². The lowest BCUT2D eigenvalue weighted by atomic mass is 9.98. The molecule has 2 rings (SSSR count). The topological polar surface area (TPSA) is 67.8 Å². The van der Waals surface area contributed by atoms with Gasteiger partial charge in [0.15, 0.2) is 0 Å². The van der Waals surface area contributed by atoms with Gasteiger partial charge in [0.25, 0.3) is 0 Å². The summed E-state index contributed by atoms with van der Waals surface area (Å²) in [5.74, 6) is -0.300. The highest BCUT2D eigenvalue weighted by atomic mass is 16.5. The number of benzene rings is 1. The minimum Gasteiger partial charge on any atom is -0.496 e. The third-order valence-corrected chi connectivity index (χ3v) is 3.46. The van der Waals surface area contributed by atoms with Gasteiger partial charge in [-0.25, -0.2) is 0 Å². The first kappa shape index (κ1) is 13.8. The van der Waals surface area contributed by atoms with Crippen LogP contribution in [0.4, 0.5) is 0 Å². The fourth-order valence-electron chi connectivity index (χ4n) is 2.47. The maximum atomic E-state index is 11.0. The highest BCUT2D eigenvalue weighted by Gasteiger charge is 2.31. The van der Waals surface area contributed by atoms with Crippen LogP contribution in [0.15, 0.2) is 18.2 Å². The van der Waals surface area contributed by atoms with Crippen molar-refractivity contribution in [2.24, 2.45) is 5.92 Å². The third-order valence-electron chi connectivity index (χ3n) is 3.46. The molecule has 2 N–H and O–H groups in total. The lowest BCUT2D eigenvalue weighted by Gasteiger charge is -2.16. The van der Waals surface area contributed by atoms with E-state index in [1.165, 1.54) is 0 Å². The molecule has 5 nitrogen and oxygen atoms in total. The molecular weight excluding hydrogens is 246 g/mol.